The summed E-state index contributed by atoms with van der Waals surface area (Å²) < 4.78 is 0. The molecule has 0 saturated carbocycles. The highest BCUT2D eigenvalue weighted by molar-refractivity contribution is 6.29. The highest BCUT2D eigenvalue weighted by atomic mass is 16.4. The van der Waals surface area contributed by atoms with Crippen LogP contribution in [0.1, 0.15) is 34.6 Å². The molecule has 2 unspecified atom stereocenters. The summed E-state index contributed by atoms with van der Waals surface area (Å²) in [6.07, 6.45) is 4.00. The van der Waals surface area contributed by atoms with E-state index in [-0.39, 0.29) is 17.0 Å². The third-order valence-electron chi connectivity index (χ3n) is 5.70. The first-order valence-electron chi connectivity index (χ1n) is 10.6. The quantitative estimate of drug-likeness (QED) is 0.546. The van der Waals surface area contributed by atoms with Crippen LogP contribution in [0.2, 0.25) is 0 Å². The Hall–Kier alpha value is -4.57. The van der Waals surface area contributed by atoms with E-state index in [1.54, 1.807) is 44.2 Å². The maximum atomic E-state index is 12.9. The van der Waals surface area contributed by atoms with Gasteiger partial charge in [0.2, 0.25) is 0 Å². The SMILES string of the molecule is CC1=NN(c2ccc(C(=O)O)cc2)C(=O)C1=CC=CC1C(C)=NN(c2ccc(C(=O)O)cc2)C1O. The predicted octanol–water partition coefficient (Wildman–Crippen LogP) is 3.12. The maximum Gasteiger partial charge on any atom is 0.335 e. The van der Waals surface area contributed by atoms with E-state index in [0.717, 1.165) is 0 Å². The number of carbonyl (C=O) groups excluding carboxylic acids is 1. The number of aliphatic hydroxyl groups is 1. The van der Waals surface area contributed by atoms with Gasteiger partial charge in [-0.1, -0.05) is 12.2 Å². The summed E-state index contributed by atoms with van der Waals surface area (Å²) >= 11 is 0. The number of aromatic carboxylic acids is 2. The van der Waals surface area contributed by atoms with Crippen molar-refractivity contribution in [3.8, 4) is 0 Å². The topological polar surface area (TPSA) is 143 Å². The molecule has 2 aromatic rings. The summed E-state index contributed by atoms with van der Waals surface area (Å²) in [5.41, 5.74) is 2.76. The summed E-state index contributed by atoms with van der Waals surface area (Å²) in [6.45, 7) is 3.47. The number of hydrogen-bond donors (Lipinski definition) is 3. The van der Waals surface area contributed by atoms with Crippen molar-refractivity contribution in [3.63, 3.8) is 0 Å². The van der Waals surface area contributed by atoms with E-state index in [1.165, 1.54) is 46.4 Å². The minimum absolute atomic E-state index is 0.110. The van der Waals surface area contributed by atoms with Crippen LogP contribution >= 0.6 is 0 Å². The van der Waals surface area contributed by atoms with Gasteiger partial charge in [-0.2, -0.15) is 15.2 Å². The van der Waals surface area contributed by atoms with Crippen molar-refractivity contribution in [3.05, 3.63) is 83.5 Å². The molecule has 0 saturated heterocycles. The van der Waals surface area contributed by atoms with E-state index in [2.05, 4.69) is 10.2 Å². The summed E-state index contributed by atoms with van der Waals surface area (Å²) in [7, 11) is 0. The minimum atomic E-state index is -1.06. The molecule has 2 heterocycles. The Balaban J connectivity index is 1.47. The van der Waals surface area contributed by atoms with Gasteiger partial charge in [-0.15, -0.1) is 0 Å². The molecule has 4 rings (SSSR count). The van der Waals surface area contributed by atoms with Gasteiger partial charge in [0, 0.05) is 5.71 Å². The number of hydrogen-bond acceptors (Lipinski definition) is 7. The van der Waals surface area contributed by atoms with Crippen molar-refractivity contribution in [2.45, 2.75) is 20.1 Å². The van der Waals surface area contributed by atoms with E-state index < -0.39 is 24.1 Å². The van der Waals surface area contributed by atoms with Crippen LogP contribution in [0.4, 0.5) is 11.4 Å². The number of amides is 1. The molecule has 178 valence electrons. The number of carboxylic acid groups (broad SMARTS) is 2. The smallest absolute Gasteiger partial charge is 0.335 e. The summed E-state index contributed by atoms with van der Waals surface area (Å²) in [5, 5.41) is 40.2. The molecule has 10 heteroatoms. The molecule has 2 atom stereocenters. The Bertz CT molecular complexity index is 1310. The third-order valence-corrected chi connectivity index (χ3v) is 5.70. The number of benzene rings is 2. The van der Waals surface area contributed by atoms with Gasteiger partial charge in [0.25, 0.3) is 5.91 Å². The standard InChI is InChI=1S/C25H22N4O6/c1-14-20(22(30)28(26-14)18-10-6-16(7-11-18)24(32)33)4-3-5-21-15(2)27-29(23(21)31)19-12-8-17(9-13-19)25(34)35/h3-13,20,22,30H,1-2H3,(H,32,33)(H,34,35). The van der Waals surface area contributed by atoms with Crippen LogP contribution in [0, 0.1) is 5.92 Å². The number of carboxylic acids is 2. The Morgan fingerprint density at radius 3 is 1.97 bits per heavy atom. The number of anilines is 2. The van der Waals surface area contributed by atoms with Crippen molar-refractivity contribution in [1.29, 1.82) is 0 Å². The predicted molar refractivity (Wildman–Crippen MR) is 130 cm³/mol. The van der Waals surface area contributed by atoms with Gasteiger partial charge in [0.15, 0.2) is 6.23 Å². The highest BCUT2D eigenvalue weighted by Crippen LogP contribution is 2.29. The van der Waals surface area contributed by atoms with Crippen LogP contribution in [0.5, 0.6) is 0 Å². The van der Waals surface area contributed by atoms with Crippen molar-refractivity contribution >= 4 is 40.6 Å². The van der Waals surface area contributed by atoms with Gasteiger partial charge in [-0.3, -0.25) is 4.79 Å². The number of rotatable bonds is 6. The molecule has 2 aliphatic heterocycles. The van der Waals surface area contributed by atoms with Crippen LogP contribution in [0.3, 0.4) is 0 Å². The molecule has 2 aliphatic rings. The zero-order valence-electron chi connectivity index (χ0n) is 18.9. The molecular formula is C25H22N4O6. The molecular weight excluding hydrogens is 452 g/mol. The van der Waals surface area contributed by atoms with Gasteiger partial charge in [-0.05, 0) is 68.5 Å². The molecule has 2 aromatic carbocycles. The van der Waals surface area contributed by atoms with Crippen molar-refractivity contribution < 1.29 is 29.7 Å². The lowest BCUT2D eigenvalue weighted by Gasteiger charge is -2.21. The van der Waals surface area contributed by atoms with Crippen LogP contribution in [0.15, 0.2) is 82.5 Å². The normalized spacial score (nSPS) is 21.1. The minimum Gasteiger partial charge on any atom is -0.478 e. The Kier molecular flexibility index (Phi) is 6.30. The first kappa shape index (κ1) is 23.6. The van der Waals surface area contributed by atoms with Crippen LogP contribution in [-0.2, 0) is 4.79 Å². The molecule has 1 amide bonds. The number of allylic oxidation sites excluding steroid dienone is 2. The molecule has 10 nitrogen and oxygen atoms in total. The second-order valence-electron chi connectivity index (χ2n) is 8.00. The average Bonchev–Trinajstić information content (AvgIpc) is 3.28. The summed E-state index contributed by atoms with van der Waals surface area (Å²) in [5.74, 6) is -2.89. The molecule has 0 aliphatic carbocycles. The van der Waals surface area contributed by atoms with Crippen LogP contribution < -0.4 is 10.0 Å². The monoisotopic (exact) mass is 474 g/mol. The first-order valence-corrected chi connectivity index (χ1v) is 10.6. The fourth-order valence-corrected chi connectivity index (χ4v) is 3.77. The van der Waals surface area contributed by atoms with Gasteiger partial charge >= 0.3 is 11.9 Å². The zero-order chi connectivity index (χ0) is 25.3. The fourth-order valence-electron chi connectivity index (χ4n) is 3.77. The lowest BCUT2D eigenvalue weighted by atomic mass is 10.0. The maximum absolute atomic E-state index is 12.9. The van der Waals surface area contributed by atoms with Gasteiger partial charge < -0.3 is 15.3 Å². The molecule has 35 heavy (non-hydrogen) atoms. The number of aliphatic hydroxyl groups excluding tert-OH is 1. The third kappa shape index (κ3) is 4.59. The van der Waals surface area contributed by atoms with E-state index in [1.807, 2.05) is 0 Å². The Morgan fingerprint density at radius 2 is 1.43 bits per heavy atom. The van der Waals surface area contributed by atoms with E-state index in [4.69, 9.17) is 10.2 Å². The molecule has 0 radical (unpaired) electrons. The second kappa shape index (κ2) is 9.35. The lowest BCUT2D eigenvalue weighted by Crippen LogP contribution is -2.31. The average molecular weight is 474 g/mol. The number of carbonyl (C=O) groups is 3. The molecule has 0 fully saturated rings. The highest BCUT2D eigenvalue weighted by Gasteiger charge is 2.33. The molecule has 0 bridgehead atoms. The summed E-state index contributed by atoms with van der Waals surface area (Å²) in [4.78, 5) is 35.0. The van der Waals surface area contributed by atoms with Gasteiger partial charge in [0.1, 0.15) is 0 Å². The van der Waals surface area contributed by atoms with Gasteiger partial charge in [-0.25, -0.2) is 14.6 Å². The first-order chi connectivity index (χ1) is 16.7. The number of nitrogens with zero attached hydrogens (tertiary/aromatic N) is 4. The molecule has 0 spiro atoms. The van der Waals surface area contributed by atoms with E-state index in [9.17, 15) is 19.5 Å². The fraction of sp³-hybridized carbons (Fsp3) is 0.160. The van der Waals surface area contributed by atoms with Gasteiger partial charge in [0.05, 0.1) is 39.7 Å². The van der Waals surface area contributed by atoms with Crippen molar-refractivity contribution in [1.82, 2.24) is 0 Å². The van der Waals surface area contributed by atoms with Crippen molar-refractivity contribution in [2.24, 2.45) is 16.1 Å². The van der Waals surface area contributed by atoms with Crippen LogP contribution in [0.25, 0.3) is 0 Å². The second-order valence-corrected chi connectivity index (χ2v) is 8.00. The van der Waals surface area contributed by atoms with Crippen LogP contribution in [-0.4, -0.2) is 50.8 Å². The largest absolute Gasteiger partial charge is 0.478 e. The Labute approximate surface area is 200 Å². The van der Waals surface area contributed by atoms with Crippen molar-refractivity contribution in [2.75, 3.05) is 10.0 Å². The number of hydrazone groups is 2. The molecule has 3 N–H and O–H groups in total. The van der Waals surface area contributed by atoms with E-state index >= 15 is 0 Å². The zero-order valence-corrected chi connectivity index (χ0v) is 18.9. The summed E-state index contributed by atoms with van der Waals surface area (Å²) in [6, 6.07) is 11.9. The lowest BCUT2D eigenvalue weighted by molar-refractivity contribution is -0.114. The Morgan fingerprint density at radius 1 is 0.886 bits per heavy atom. The van der Waals surface area contributed by atoms with E-state index in [0.29, 0.717) is 28.4 Å². The molecule has 0 aromatic heterocycles.